The molecule has 4 aliphatic rings. The number of H-pyrrole nitrogens is 1. The monoisotopic (exact) mass is 639 g/mol. The third-order valence-electron chi connectivity index (χ3n) is 11.2. The van der Waals surface area contributed by atoms with Crippen molar-refractivity contribution in [2.45, 2.75) is 70.4 Å². The third kappa shape index (κ3) is 6.98. The van der Waals surface area contributed by atoms with Crippen molar-refractivity contribution in [3.8, 4) is 0 Å². The number of hydrogen-bond acceptors (Lipinski definition) is 4. The molecule has 0 radical (unpaired) electrons. The molecule has 1 unspecified atom stereocenters. The number of benzene rings is 2. The Balaban J connectivity index is 1.00. The highest BCUT2D eigenvalue weighted by Gasteiger charge is 2.35. The van der Waals surface area contributed by atoms with Gasteiger partial charge in [-0.25, -0.2) is 9.59 Å². The number of para-hydroxylation sites is 1. The number of nitrogens with zero attached hydrogens (tertiary/aromatic N) is 3. The molecule has 250 valence electrons. The lowest BCUT2D eigenvalue weighted by atomic mass is 9.79. The Morgan fingerprint density at radius 3 is 2.40 bits per heavy atom. The molecule has 7 rings (SSSR count). The normalized spacial score (nSPS) is 20.9. The first-order valence-electron chi connectivity index (χ1n) is 17.7. The molecule has 1 atom stereocenters. The van der Waals surface area contributed by atoms with Gasteiger partial charge in [-0.05, 0) is 117 Å². The highest BCUT2D eigenvalue weighted by Crippen LogP contribution is 2.31. The second-order valence-electron chi connectivity index (χ2n) is 14.1. The van der Waals surface area contributed by atoms with Gasteiger partial charge in [0.15, 0.2) is 0 Å². The molecule has 10 heteroatoms. The molecule has 3 aromatic rings. The summed E-state index contributed by atoms with van der Waals surface area (Å²) in [6.45, 7) is 7.53. The summed E-state index contributed by atoms with van der Waals surface area (Å²) in [5, 5.41) is 10.8. The van der Waals surface area contributed by atoms with Crippen LogP contribution >= 0.6 is 0 Å². The Labute approximate surface area is 277 Å². The number of hydrogen-bond donors (Lipinski definition) is 4. The van der Waals surface area contributed by atoms with E-state index in [2.05, 4.69) is 52.1 Å². The SMILES string of the molecule is Cc1cc(CC(NC(=O)N2CCC(N3CCc4ccccc4NC3=O)CC2)C(=O)N2CCC(C3CCNCC3)CC2)cc2cc[nH]c12. The number of piperidine rings is 3. The van der Waals surface area contributed by atoms with Crippen molar-refractivity contribution in [2.24, 2.45) is 11.8 Å². The fourth-order valence-corrected chi connectivity index (χ4v) is 8.47. The van der Waals surface area contributed by atoms with Gasteiger partial charge < -0.3 is 35.6 Å². The number of aryl methyl sites for hydroxylation is 1. The van der Waals surface area contributed by atoms with Crippen LogP contribution in [-0.2, 0) is 17.6 Å². The average Bonchev–Trinajstić information content (AvgIpc) is 3.52. The summed E-state index contributed by atoms with van der Waals surface area (Å²) in [6.07, 6.45) is 9.15. The van der Waals surface area contributed by atoms with E-state index in [1.54, 1.807) is 0 Å². The van der Waals surface area contributed by atoms with E-state index < -0.39 is 6.04 Å². The minimum absolute atomic E-state index is 0.0182. The van der Waals surface area contributed by atoms with Crippen LogP contribution in [0.1, 0.15) is 55.2 Å². The summed E-state index contributed by atoms with van der Waals surface area (Å²) >= 11 is 0. The third-order valence-corrected chi connectivity index (χ3v) is 11.2. The molecule has 10 nitrogen and oxygen atoms in total. The topological polar surface area (TPSA) is 113 Å². The van der Waals surface area contributed by atoms with Gasteiger partial charge in [0.1, 0.15) is 6.04 Å². The molecule has 0 bridgehead atoms. The van der Waals surface area contributed by atoms with E-state index in [4.69, 9.17) is 0 Å². The highest BCUT2D eigenvalue weighted by atomic mass is 16.2. The maximum Gasteiger partial charge on any atom is 0.322 e. The standard InChI is InChI=1S/C37H49N7O3/c1-25-22-26(23-30-8-16-39-34(25)30)24-33(35(45)42-17-9-28(10-18-42)27-6-14-38-15-7-27)41-36(46)43-19-12-31(13-20-43)44-21-11-29-4-2-3-5-32(29)40-37(44)47/h2-5,8,16,22-23,27-28,31,33,38-39H,6-7,9-15,17-21,24H2,1H3,(H,40,47)(H,41,46). The predicted molar refractivity (Wildman–Crippen MR) is 184 cm³/mol. The van der Waals surface area contributed by atoms with Gasteiger partial charge in [0.05, 0.1) is 0 Å². The molecule has 47 heavy (non-hydrogen) atoms. The van der Waals surface area contributed by atoms with Crippen LogP contribution in [0.25, 0.3) is 10.9 Å². The quantitative estimate of drug-likeness (QED) is 0.308. The Morgan fingerprint density at radius 2 is 1.62 bits per heavy atom. The number of carbonyl (C=O) groups is 3. The Bertz CT molecular complexity index is 1580. The first-order valence-corrected chi connectivity index (χ1v) is 17.7. The number of urea groups is 2. The summed E-state index contributed by atoms with van der Waals surface area (Å²) in [5.41, 5.74) is 5.31. The van der Waals surface area contributed by atoms with Gasteiger partial charge in [-0.3, -0.25) is 4.79 Å². The van der Waals surface area contributed by atoms with Crippen molar-refractivity contribution < 1.29 is 14.4 Å². The predicted octanol–water partition coefficient (Wildman–Crippen LogP) is 4.89. The fraction of sp³-hybridized carbons (Fsp3) is 0.541. The van der Waals surface area contributed by atoms with E-state index in [1.165, 1.54) is 12.8 Å². The van der Waals surface area contributed by atoms with E-state index in [-0.39, 0.29) is 24.0 Å². The Kier molecular flexibility index (Phi) is 9.38. The van der Waals surface area contributed by atoms with Crippen LogP contribution in [0.15, 0.2) is 48.7 Å². The number of nitrogens with one attached hydrogen (secondary N) is 4. The van der Waals surface area contributed by atoms with Crippen molar-refractivity contribution in [3.05, 3.63) is 65.4 Å². The summed E-state index contributed by atoms with van der Waals surface area (Å²) in [5.74, 6) is 1.44. The molecule has 3 saturated heterocycles. The zero-order chi connectivity index (χ0) is 32.3. The zero-order valence-electron chi connectivity index (χ0n) is 27.6. The second kappa shape index (κ2) is 14.0. The van der Waals surface area contributed by atoms with Crippen molar-refractivity contribution in [1.82, 2.24) is 30.3 Å². The summed E-state index contributed by atoms with van der Waals surface area (Å²) < 4.78 is 0. The molecule has 2 aromatic carbocycles. The lowest BCUT2D eigenvalue weighted by molar-refractivity contribution is -0.135. The van der Waals surface area contributed by atoms with Crippen LogP contribution in [0.2, 0.25) is 0 Å². The van der Waals surface area contributed by atoms with E-state index in [0.29, 0.717) is 44.8 Å². The number of aromatic nitrogens is 1. The van der Waals surface area contributed by atoms with Crippen LogP contribution in [0, 0.1) is 18.8 Å². The molecule has 5 heterocycles. The lowest BCUT2D eigenvalue weighted by Crippen LogP contribution is -2.57. The summed E-state index contributed by atoms with van der Waals surface area (Å²) in [7, 11) is 0. The lowest BCUT2D eigenvalue weighted by Gasteiger charge is -2.40. The molecule has 4 aliphatic heterocycles. The van der Waals surface area contributed by atoms with E-state index >= 15 is 0 Å². The number of amides is 5. The largest absolute Gasteiger partial charge is 0.361 e. The summed E-state index contributed by atoms with van der Waals surface area (Å²) in [6, 6.07) is 13.5. The number of rotatable bonds is 6. The van der Waals surface area contributed by atoms with Gasteiger partial charge in [0.25, 0.3) is 0 Å². The van der Waals surface area contributed by atoms with Crippen molar-refractivity contribution in [2.75, 3.05) is 51.1 Å². The molecule has 1 aromatic heterocycles. The van der Waals surface area contributed by atoms with Gasteiger partial charge in [-0.2, -0.15) is 0 Å². The van der Waals surface area contributed by atoms with Gasteiger partial charge in [0, 0.05) is 62.6 Å². The van der Waals surface area contributed by atoms with Crippen LogP contribution in [-0.4, -0.2) is 95.6 Å². The highest BCUT2D eigenvalue weighted by molar-refractivity contribution is 5.91. The smallest absolute Gasteiger partial charge is 0.322 e. The molecule has 5 amide bonds. The van der Waals surface area contributed by atoms with Gasteiger partial charge >= 0.3 is 12.1 Å². The van der Waals surface area contributed by atoms with Gasteiger partial charge in [-0.1, -0.05) is 24.3 Å². The van der Waals surface area contributed by atoms with Crippen LogP contribution in [0.3, 0.4) is 0 Å². The molecule has 4 N–H and O–H groups in total. The maximum absolute atomic E-state index is 14.1. The van der Waals surface area contributed by atoms with Gasteiger partial charge in [0.2, 0.25) is 5.91 Å². The van der Waals surface area contributed by atoms with Gasteiger partial charge in [-0.15, -0.1) is 0 Å². The maximum atomic E-state index is 14.1. The Morgan fingerprint density at radius 1 is 0.894 bits per heavy atom. The minimum Gasteiger partial charge on any atom is -0.361 e. The van der Waals surface area contributed by atoms with E-state index in [1.807, 2.05) is 39.1 Å². The molecular weight excluding hydrogens is 590 g/mol. The minimum atomic E-state index is -0.638. The van der Waals surface area contributed by atoms with Crippen molar-refractivity contribution >= 4 is 34.6 Å². The number of likely N-dealkylation sites (tertiary alicyclic amines) is 2. The summed E-state index contributed by atoms with van der Waals surface area (Å²) in [4.78, 5) is 50.1. The number of anilines is 1. The average molecular weight is 640 g/mol. The molecule has 3 fully saturated rings. The van der Waals surface area contributed by atoms with Crippen molar-refractivity contribution in [3.63, 3.8) is 0 Å². The number of fused-ring (bicyclic) bond motifs is 2. The first-order chi connectivity index (χ1) is 22.9. The first kappa shape index (κ1) is 31.5. The van der Waals surface area contributed by atoms with Crippen molar-refractivity contribution in [1.29, 1.82) is 0 Å². The van der Waals surface area contributed by atoms with E-state index in [0.717, 1.165) is 84.6 Å². The number of carbonyl (C=O) groups excluding carboxylic acids is 3. The second-order valence-corrected chi connectivity index (χ2v) is 14.1. The van der Waals surface area contributed by atoms with Crippen LogP contribution in [0.5, 0.6) is 0 Å². The Hall–Kier alpha value is -4.05. The zero-order valence-corrected chi connectivity index (χ0v) is 27.6. The molecule has 0 aliphatic carbocycles. The van der Waals surface area contributed by atoms with E-state index in [9.17, 15) is 14.4 Å². The molecule has 0 spiro atoms. The fourth-order valence-electron chi connectivity index (χ4n) is 8.47. The molecular formula is C37H49N7O3. The molecule has 0 saturated carbocycles. The van der Waals surface area contributed by atoms with Crippen LogP contribution < -0.4 is 16.0 Å². The van der Waals surface area contributed by atoms with Crippen LogP contribution in [0.4, 0.5) is 15.3 Å². The number of aromatic amines is 1.